The number of carbonyl (C=O) groups excluding carboxylic acids is 1. The first kappa shape index (κ1) is 29.4. The van der Waals surface area contributed by atoms with Gasteiger partial charge in [-0.25, -0.2) is 4.79 Å². The summed E-state index contributed by atoms with van der Waals surface area (Å²) >= 11 is 3.34. The Labute approximate surface area is 233 Å². The van der Waals surface area contributed by atoms with Crippen LogP contribution in [0.2, 0.25) is 0 Å². The van der Waals surface area contributed by atoms with Gasteiger partial charge < -0.3 is 9.47 Å². The average molecular weight is 583 g/mol. The van der Waals surface area contributed by atoms with E-state index in [2.05, 4.69) is 22.9 Å². The molecule has 0 aliphatic rings. The maximum atomic E-state index is 12.8. The van der Waals surface area contributed by atoms with Crippen molar-refractivity contribution in [3.05, 3.63) is 87.5 Å². The number of aryl methyl sites for hydroxylation is 1. The first-order chi connectivity index (χ1) is 18.4. The Hall–Kier alpha value is -3.19. The number of nitrogens with zero attached hydrogens (tertiary/aromatic N) is 1. The lowest BCUT2D eigenvalue weighted by molar-refractivity contribution is -0.385. The molecule has 38 heavy (non-hydrogen) atoms. The normalized spacial score (nSPS) is 10.8. The van der Waals surface area contributed by atoms with E-state index in [0.717, 1.165) is 29.9 Å². The van der Waals surface area contributed by atoms with Crippen molar-refractivity contribution in [1.29, 1.82) is 0 Å². The van der Waals surface area contributed by atoms with Crippen LogP contribution in [0.25, 0.3) is 11.1 Å². The van der Waals surface area contributed by atoms with Crippen LogP contribution in [0.3, 0.4) is 0 Å². The number of nitro groups is 1. The van der Waals surface area contributed by atoms with Crippen molar-refractivity contribution in [3.63, 3.8) is 0 Å². The van der Waals surface area contributed by atoms with E-state index in [1.807, 2.05) is 36.4 Å². The fourth-order valence-corrected chi connectivity index (χ4v) is 4.76. The molecule has 0 fully saturated rings. The second-order valence-electron chi connectivity index (χ2n) is 9.45. The van der Waals surface area contributed by atoms with Crippen LogP contribution in [0.5, 0.6) is 11.5 Å². The Kier molecular flexibility index (Phi) is 11.8. The van der Waals surface area contributed by atoms with Gasteiger partial charge in [-0.15, -0.1) is 0 Å². The highest BCUT2D eigenvalue weighted by Crippen LogP contribution is 2.28. The van der Waals surface area contributed by atoms with Crippen LogP contribution in [0.15, 0.2) is 60.7 Å². The number of halogens is 1. The number of nitro benzene ring substituents is 1. The summed E-state index contributed by atoms with van der Waals surface area (Å²) in [5.41, 5.74) is 3.20. The van der Waals surface area contributed by atoms with Crippen molar-refractivity contribution < 1.29 is 19.2 Å². The summed E-state index contributed by atoms with van der Waals surface area (Å²) in [7, 11) is 0. The number of carbonyl (C=O) groups is 1. The van der Waals surface area contributed by atoms with E-state index in [1.165, 1.54) is 51.0 Å². The Bertz CT molecular complexity index is 1190. The Morgan fingerprint density at radius 2 is 1.39 bits per heavy atom. The van der Waals surface area contributed by atoms with E-state index < -0.39 is 10.9 Å². The molecule has 0 aromatic heterocycles. The number of alkyl halides is 1. The van der Waals surface area contributed by atoms with Crippen molar-refractivity contribution in [1.82, 2.24) is 0 Å². The lowest BCUT2D eigenvalue weighted by Gasteiger charge is -2.10. The van der Waals surface area contributed by atoms with Crippen LogP contribution in [0, 0.1) is 17.0 Å². The maximum absolute atomic E-state index is 12.8. The van der Waals surface area contributed by atoms with Crippen LogP contribution >= 0.6 is 15.9 Å². The van der Waals surface area contributed by atoms with Crippen LogP contribution in [0.4, 0.5) is 5.69 Å². The third-order valence-corrected chi connectivity index (χ3v) is 7.11. The molecule has 7 heteroatoms. The number of hydrogen-bond acceptors (Lipinski definition) is 5. The summed E-state index contributed by atoms with van der Waals surface area (Å²) in [5, 5.41) is 11.7. The van der Waals surface area contributed by atoms with Gasteiger partial charge in [-0.2, -0.15) is 0 Å². The number of hydrogen-bond donors (Lipinski definition) is 0. The molecule has 0 heterocycles. The van der Waals surface area contributed by atoms with Crippen molar-refractivity contribution in [2.75, 3.05) is 6.61 Å². The Morgan fingerprint density at radius 1 is 0.842 bits per heavy atom. The molecule has 0 spiro atoms. The molecule has 0 N–H and O–H groups in total. The molecule has 0 saturated carbocycles. The van der Waals surface area contributed by atoms with Gasteiger partial charge in [0.25, 0.3) is 5.69 Å². The predicted molar refractivity (Wildman–Crippen MR) is 155 cm³/mol. The van der Waals surface area contributed by atoms with E-state index in [0.29, 0.717) is 22.2 Å². The van der Waals surface area contributed by atoms with E-state index in [-0.39, 0.29) is 11.3 Å². The van der Waals surface area contributed by atoms with Crippen LogP contribution in [-0.4, -0.2) is 17.5 Å². The molecule has 0 saturated heterocycles. The minimum atomic E-state index is -0.631. The predicted octanol–water partition coefficient (Wildman–Crippen LogP) is 9.20. The maximum Gasteiger partial charge on any atom is 0.344 e. The summed E-state index contributed by atoms with van der Waals surface area (Å²) in [5.74, 6) is 0.596. The molecular weight excluding hydrogens is 546 g/mol. The van der Waals surface area contributed by atoms with Crippen LogP contribution < -0.4 is 9.47 Å². The second-order valence-corrected chi connectivity index (χ2v) is 10.0. The number of benzene rings is 3. The largest absolute Gasteiger partial charge is 0.494 e. The topological polar surface area (TPSA) is 78.7 Å². The smallest absolute Gasteiger partial charge is 0.344 e. The summed E-state index contributed by atoms with van der Waals surface area (Å²) in [4.78, 5) is 23.6. The Balaban J connectivity index is 1.51. The van der Waals surface area contributed by atoms with E-state index >= 15 is 0 Å². The van der Waals surface area contributed by atoms with Gasteiger partial charge in [0, 0.05) is 17.0 Å². The fraction of sp³-hybridized carbons (Fsp3) is 0.387. The molecule has 0 unspecified atom stereocenters. The SMILES string of the molecule is CCCCCCCCCCOc1ccc(-c2ccc(OC(=O)c3cc([N+](=O)[O-])c(C)cc3CBr)cc2)cc1. The average Bonchev–Trinajstić information content (AvgIpc) is 2.92. The van der Waals surface area contributed by atoms with Crippen molar-refractivity contribution in [3.8, 4) is 22.6 Å². The van der Waals surface area contributed by atoms with Gasteiger partial charge in [-0.3, -0.25) is 10.1 Å². The molecule has 3 aromatic rings. The number of unbranched alkanes of at least 4 members (excludes halogenated alkanes) is 7. The van der Waals surface area contributed by atoms with Gasteiger partial charge in [0.1, 0.15) is 11.5 Å². The molecular formula is C31H36BrNO5. The molecule has 202 valence electrons. The molecule has 0 radical (unpaired) electrons. The van der Waals surface area contributed by atoms with Crippen molar-refractivity contribution in [2.45, 2.75) is 70.5 Å². The summed E-state index contributed by atoms with van der Waals surface area (Å²) in [6, 6.07) is 18.1. The zero-order valence-corrected chi connectivity index (χ0v) is 23.8. The molecule has 0 atom stereocenters. The first-order valence-corrected chi connectivity index (χ1v) is 14.4. The molecule has 3 aromatic carbocycles. The lowest BCUT2D eigenvalue weighted by Crippen LogP contribution is -2.12. The number of rotatable bonds is 15. The number of esters is 1. The van der Waals surface area contributed by atoms with E-state index in [4.69, 9.17) is 9.47 Å². The van der Waals surface area contributed by atoms with Crippen molar-refractivity contribution in [2.24, 2.45) is 0 Å². The fourth-order valence-electron chi connectivity index (χ4n) is 4.30. The van der Waals surface area contributed by atoms with Crippen molar-refractivity contribution >= 4 is 27.6 Å². The van der Waals surface area contributed by atoms with E-state index in [1.54, 1.807) is 25.1 Å². The van der Waals surface area contributed by atoms with Gasteiger partial charge in [0.05, 0.1) is 17.1 Å². The third kappa shape index (κ3) is 8.69. The van der Waals surface area contributed by atoms with Gasteiger partial charge >= 0.3 is 5.97 Å². The standard InChI is InChI=1S/C31H36BrNO5/c1-3-4-5-6-7-8-9-10-19-37-27-15-11-24(12-16-27)25-13-17-28(18-14-25)38-31(34)29-21-30(33(35)36)23(2)20-26(29)22-32/h11-18,20-21H,3-10,19,22H2,1-2H3. The van der Waals surface area contributed by atoms with Crippen LogP contribution in [0.1, 0.15) is 79.8 Å². The van der Waals surface area contributed by atoms with Gasteiger partial charge in [-0.1, -0.05) is 92.1 Å². The second kappa shape index (κ2) is 15.3. The summed E-state index contributed by atoms with van der Waals surface area (Å²) < 4.78 is 11.4. The summed E-state index contributed by atoms with van der Waals surface area (Å²) in [6.45, 7) is 4.62. The molecule has 0 bridgehead atoms. The highest BCUT2D eigenvalue weighted by molar-refractivity contribution is 9.08. The minimum absolute atomic E-state index is 0.109. The monoisotopic (exact) mass is 581 g/mol. The van der Waals surface area contributed by atoms with Crippen LogP contribution in [-0.2, 0) is 5.33 Å². The highest BCUT2D eigenvalue weighted by Gasteiger charge is 2.21. The zero-order chi connectivity index (χ0) is 27.3. The minimum Gasteiger partial charge on any atom is -0.494 e. The van der Waals surface area contributed by atoms with E-state index in [9.17, 15) is 14.9 Å². The molecule has 0 amide bonds. The summed E-state index contributed by atoms with van der Waals surface area (Å²) in [6.07, 6.45) is 10.2. The van der Waals surface area contributed by atoms with Gasteiger partial charge in [-0.05, 0) is 60.4 Å². The lowest BCUT2D eigenvalue weighted by atomic mass is 10.0. The van der Waals surface area contributed by atoms with Gasteiger partial charge in [0.15, 0.2) is 0 Å². The molecule has 3 rings (SSSR count). The first-order valence-electron chi connectivity index (χ1n) is 13.3. The molecule has 0 aliphatic carbocycles. The third-order valence-electron chi connectivity index (χ3n) is 6.50. The Morgan fingerprint density at radius 3 is 1.95 bits per heavy atom. The quantitative estimate of drug-likeness (QED) is 0.0446. The molecule has 0 aliphatic heterocycles. The molecule has 6 nitrogen and oxygen atoms in total. The van der Waals surface area contributed by atoms with Gasteiger partial charge in [0.2, 0.25) is 0 Å². The zero-order valence-electron chi connectivity index (χ0n) is 22.2. The highest BCUT2D eigenvalue weighted by atomic mass is 79.9. The number of ether oxygens (including phenoxy) is 2.